The van der Waals surface area contributed by atoms with Gasteiger partial charge < -0.3 is 16.0 Å². The zero-order valence-electron chi connectivity index (χ0n) is 17.8. The highest BCUT2D eigenvalue weighted by Crippen LogP contribution is 2.31. The van der Waals surface area contributed by atoms with Gasteiger partial charge in [0.2, 0.25) is 17.8 Å². The fourth-order valence-corrected chi connectivity index (χ4v) is 3.54. The maximum Gasteiger partial charge on any atom is 0.274 e. The highest BCUT2D eigenvalue weighted by atomic mass is 16.6. The number of nitrogens with zero attached hydrogens (tertiary/aromatic N) is 2. The molecular weight excluding hydrogens is 428 g/mol. The number of amides is 2. The molecular formula is C22H20N6O5. The number of nitro groups is 1. The summed E-state index contributed by atoms with van der Waals surface area (Å²) in [6.07, 6.45) is -0.262. The van der Waals surface area contributed by atoms with Gasteiger partial charge in [0, 0.05) is 29.4 Å². The summed E-state index contributed by atoms with van der Waals surface area (Å²) < 4.78 is 0. The second-order valence-corrected chi connectivity index (χ2v) is 7.72. The molecule has 11 heteroatoms. The van der Waals surface area contributed by atoms with Crippen molar-refractivity contribution in [3.05, 3.63) is 79.6 Å². The van der Waals surface area contributed by atoms with Crippen LogP contribution in [0, 0.1) is 24.0 Å². The summed E-state index contributed by atoms with van der Waals surface area (Å²) in [6, 6.07) is 11.6. The van der Waals surface area contributed by atoms with Crippen molar-refractivity contribution in [1.82, 2.24) is 9.97 Å². The van der Waals surface area contributed by atoms with E-state index in [0.29, 0.717) is 11.3 Å². The van der Waals surface area contributed by atoms with Crippen molar-refractivity contribution in [2.45, 2.75) is 26.2 Å². The fourth-order valence-electron chi connectivity index (χ4n) is 3.54. The van der Waals surface area contributed by atoms with Gasteiger partial charge in [-0.3, -0.25) is 29.5 Å². The molecule has 0 aliphatic carbocycles. The Balaban J connectivity index is 1.63. The monoisotopic (exact) mass is 448 g/mol. The summed E-state index contributed by atoms with van der Waals surface area (Å²) >= 11 is 0. The predicted octanol–water partition coefficient (Wildman–Crippen LogP) is 3.10. The fraction of sp³-hybridized carbons (Fsp3) is 0.182. The van der Waals surface area contributed by atoms with E-state index in [1.165, 1.54) is 18.2 Å². The van der Waals surface area contributed by atoms with E-state index in [4.69, 9.17) is 0 Å². The van der Waals surface area contributed by atoms with Crippen molar-refractivity contribution in [3.8, 4) is 0 Å². The molecule has 0 bridgehead atoms. The lowest BCUT2D eigenvalue weighted by Gasteiger charge is -2.23. The molecule has 1 aliphatic heterocycles. The minimum atomic E-state index is -1.11. The number of carbonyl (C=O) groups excluding carboxylic acids is 2. The minimum absolute atomic E-state index is 0.0142. The largest absolute Gasteiger partial charge is 0.326 e. The second kappa shape index (κ2) is 8.54. The van der Waals surface area contributed by atoms with Crippen LogP contribution in [0.15, 0.2) is 47.3 Å². The molecule has 1 aromatic heterocycles. The maximum absolute atomic E-state index is 12.9. The number of hydrogen-bond acceptors (Lipinski definition) is 7. The SMILES string of the molecule is Cc1ccc(Nc2nc3c(c(=O)[nH]2)C(C(=O)Nc2ccc(C)c([N+](=O)[O-])c2)CC(=O)N3)cc1. The van der Waals surface area contributed by atoms with Crippen LogP contribution in [0.25, 0.3) is 0 Å². The van der Waals surface area contributed by atoms with E-state index in [1.807, 2.05) is 31.2 Å². The number of hydrogen-bond donors (Lipinski definition) is 4. The topological polar surface area (TPSA) is 159 Å². The van der Waals surface area contributed by atoms with Crippen molar-refractivity contribution in [2.75, 3.05) is 16.0 Å². The smallest absolute Gasteiger partial charge is 0.274 e. The van der Waals surface area contributed by atoms with Crippen LogP contribution in [0.5, 0.6) is 0 Å². The van der Waals surface area contributed by atoms with Crippen LogP contribution in [0.2, 0.25) is 0 Å². The van der Waals surface area contributed by atoms with Crippen molar-refractivity contribution >= 4 is 40.6 Å². The van der Waals surface area contributed by atoms with Gasteiger partial charge in [-0.2, -0.15) is 4.98 Å². The van der Waals surface area contributed by atoms with Crippen LogP contribution in [0.4, 0.5) is 28.8 Å². The van der Waals surface area contributed by atoms with Gasteiger partial charge in [0.05, 0.1) is 16.4 Å². The molecule has 33 heavy (non-hydrogen) atoms. The Labute approximate surface area is 187 Å². The lowest BCUT2D eigenvalue weighted by Crippen LogP contribution is -2.36. The van der Waals surface area contributed by atoms with E-state index in [-0.39, 0.29) is 35.1 Å². The Morgan fingerprint density at radius 1 is 1.12 bits per heavy atom. The molecule has 3 aromatic rings. The number of carbonyl (C=O) groups is 2. The third-order valence-electron chi connectivity index (χ3n) is 5.26. The molecule has 11 nitrogen and oxygen atoms in total. The van der Waals surface area contributed by atoms with Crippen molar-refractivity contribution in [3.63, 3.8) is 0 Å². The molecule has 2 heterocycles. The maximum atomic E-state index is 12.9. The Kier molecular flexibility index (Phi) is 5.61. The van der Waals surface area contributed by atoms with E-state index in [0.717, 1.165) is 5.56 Å². The van der Waals surface area contributed by atoms with Crippen LogP contribution >= 0.6 is 0 Å². The highest BCUT2D eigenvalue weighted by molar-refractivity contribution is 6.04. The van der Waals surface area contributed by atoms with E-state index >= 15 is 0 Å². The minimum Gasteiger partial charge on any atom is -0.326 e. The summed E-state index contributed by atoms with van der Waals surface area (Å²) in [5.74, 6) is -2.13. The number of fused-ring (bicyclic) bond motifs is 1. The molecule has 0 spiro atoms. The molecule has 1 atom stereocenters. The van der Waals surface area contributed by atoms with E-state index in [1.54, 1.807) is 6.92 Å². The molecule has 168 valence electrons. The van der Waals surface area contributed by atoms with Crippen molar-refractivity contribution in [1.29, 1.82) is 0 Å². The number of anilines is 4. The normalized spacial score (nSPS) is 14.7. The van der Waals surface area contributed by atoms with Crippen LogP contribution in [-0.2, 0) is 9.59 Å². The first-order chi connectivity index (χ1) is 15.7. The zero-order valence-corrected chi connectivity index (χ0v) is 17.8. The Bertz CT molecular complexity index is 1330. The molecule has 2 amide bonds. The number of aromatic amines is 1. The molecule has 0 fully saturated rings. The molecule has 0 saturated carbocycles. The second-order valence-electron chi connectivity index (χ2n) is 7.72. The lowest BCUT2D eigenvalue weighted by molar-refractivity contribution is -0.385. The van der Waals surface area contributed by atoms with Gasteiger partial charge >= 0.3 is 0 Å². The average Bonchev–Trinajstić information content (AvgIpc) is 2.75. The van der Waals surface area contributed by atoms with Gasteiger partial charge in [-0.25, -0.2) is 0 Å². The van der Waals surface area contributed by atoms with Crippen molar-refractivity contribution in [2.24, 2.45) is 0 Å². The molecule has 0 radical (unpaired) electrons. The zero-order chi connectivity index (χ0) is 23.7. The molecule has 1 unspecified atom stereocenters. The van der Waals surface area contributed by atoms with Gasteiger partial charge in [-0.1, -0.05) is 23.8 Å². The molecule has 4 N–H and O–H groups in total. The first kappa shape index (κ1) is 21.7. The Hall–Kier alpha value is -4.54. The summed E-state index contributed by atoms with van der Waals surface area (Å²) in [5, 5.41) is 19.2. The van der Waals surface area contributed by atoms with Gasteiger partial charge in [-0.05, 0) is 32.0 Å². The van der Waals surface area contributed by atoms with Gasteiger partial charge in [-0.15, -0.1) is 0 Å². The summed E-state index contributed by atoms with van der Waals surface area (Å²) in [4.78, 5) is 55.5. The first-order valence-corrected chi connectivity index (χ1v) is 10.0. The predicted molar refractivity (Wildman–Crippen MR) is 122 cm³/mol. The van der Waals surface area contributed by atoms with Gasteiger partial charge in [0.1, 0.15) is 5.82 Å². The third kappa shape index (κ3) is 4.56. The summed E-state index contributed by atoms with van der Waals surface area (Å²) in [6.45, 7) is 3.53. The van der Waals surface area contributed by atoms with Gasteiger partial charge in [0.25, 0.3) is 11.2 Å². The number of aromatic nitrogens is 2. The number of nitro benzene ring substituents is 1. The van der Waals surface area contributed by atoms with Crippen LogP contribution < -0.4 is 21.5 Å². The molecule has 4 rings (SSSR count). The number of benzene rings is 2. The molecule has 0 saturated heterocycles. The standard InChI is InChI=1S/C22H20N6O5/c1-11-3-6-13(7-4-11)24-22-26-19-18(21(31)27-22)15(10-17(29)25-19)20(30)23-14-8-5-12(2)16(9-14)28(32)33/h3-9,15H,10H2,1-2H3,(H,23,30)(H3,24,25,26,27,29,31). The number of aryl methyl sites for hydroxylation is 2. The lowest BCUT2D eigenvalue weighted by atomic mass is 9.92. The average molecular weight is 448 g/mol. The Morgan fingerprint density at radius 2 is 1.82 bits per heavy atom. The van der Waals surface area contributed by atoms with Crippen LogP contribution in [0.1, 0.15) is 29.0 Å². The molecule has 1 aliphatic rings. The van der Waals surface area contributed by atoms with Crippen LogP contribution in [0.3, 0.4) is 0 Å². The van der Waals surface area contributed by atoms with E-state index in [9.17, 15) is 24.5 Å². The molecule has 2 aromatic carbocycles. The highest BCUT2D eigenvalue weighted by Gasteiger charge is 2.35. The Morgan fingerprint density at radius 3 is 2.52 bits per heavy atom. The summed E-state index contributed by atoms with van der Waals surface area (Å²) in [7, 11) is 0. The van der Waals surface area contributed by atoms with Crippen molar-refractivity contribution < 1.29 is 14.5 Å². The first-order valence-electron chi connectivity index (χ1n) is 10.0. The van der Waals surface area contributed by atoms with E-state index in [2.05, 4.69) is 25.9 Å². The van der Waals surface area contributed by atoms with E-state index < -0.39 is 28.2 Å². The number of H-pyrrole nitrogens is 1. The van der Waals surface area contributed by atoms with Gasteiger partial charge in [0.15, 0.2) is 0 Å². The number of rotatable bonds is 5. The van der Waals surface area contributed by atoms with Crippen LogP contribution in [-0.4, -0.2) is 26.7 Å². The third-order valence-corrected chi connectivity index (χ3v) is 5.26. The quantitative estimate of drug-likeness (QED) is 0.345. The summed E-state index contributed by atoms with van der Waals surface area (Å²) in [5.41, 5.74) is 1.66. The number of nitrogens with one attached hydrogen (secondary N) is 4.